The maximum Gasteiger partial charge on any atom is 0.309 e. The van der Waals surface area contributed by atoms with Crippen LogP contribution in [0.15, 0.2) is 0 Å². The number of hydrogen-bond acceptors (Lipinski definition) is 3. The van der Waals surface area contributed by atoms with Gasteiger partial charge in [0.25, 0.3) is 0 Å². The lowest BCUT2D eigenvalue weighted by Gasteiger charge is -2.45. The second-order valence-corrected chi connectivity index (χ2v) is 6.50. The topological polar surface area (TPSA) is 49.8 Å². The zero-order valence-electron chi connectivity index (χ0n) is 12.9. The minimum absolute atomic E-state index is 0.340. The molecule has 2 rings (SSSR count). The predicted octanol–water partition coefficient (Wildman–Crippen LogP) is 2.91. The number of nitrogens with zero attached hydrogens (tertiary/aromatic N) is 1. The Balaban J connectivity index is 1.97. The molecule has 1 saturated carbocycles. The standard InChI is InChI=1S/C16H29NO3/c1-3-8-16(15(18)19)9-11-17(12-10-16)13-6-4-5-7-14(13)20-2/h13-14H,3-12H2,1-2H3,(H,18,19). The van der Waals surface area contributed by atoms with Crippen LogP contribution in [0.1, 0.15) is 58.3 Å². The molecular formula is C16H29NO3. The zero-order chi connectivity index (χ0) is 14.6. The Hall–Kier alpha value is -0.610. The first-order valence-corrected chi connectivity index (χ1v) is 8.13. The number of methoxy groups -OCH3 is 1. The minimum Gasteiger partial charge on any atom is -0.481 e. The van der Waals surface area contributed by atoms with E-state index in [0.717, 1.165) is 45.2 Å². The minimum atomic E-state index is -0.592. The van der Waals surface area contributed by atoms with E-state index in [0.29, 0.717) is 12.1 Å². The molecule has 1 heterocycles. The van der Waals surface area contributed by atoms with E-state index in [4.69, 9.17) is 4.74 Å². The molecule has 4 nitrogen and oxygen atoms in total. The molecular weight excluding hydrogens is 254 g/mol. The van der Waals surface area contributed by atoms with E-state index >= 15 is 0 Å². The van der Waals surface area contributed by atoms with Crippen LogP contribution in [0.25, 0.3) is 0 Å². The van der Waals surface area contributed by atoms with Gasteiger partial charge in [0.1, 0.15) is 0 Å². The van der Waals surface area contributed by atoms with Gasteiger partial charge < -0.3 is 9.84 Å². The largest absolute Gasteiger partial charge is 0.481 e. The number of hydrogen-bond donors (Lipinski definition) is 1. The average Bonchev–Trinajstić information content (AvgIpc) is 2.48. The number of ether oxygens (including phenoxy) is 1. The van der Waals surface area contributed by atoms with Gasteiger partial charge in [-0.05, 0) is 45.2 Å². The SMILES string of the molecule is CCCC1(C(=O)O)CCN(C2CCCCC2OC)CC1. The van der Waals surface area contributed by atoms with Gasteiger partial charge in [-0.1, -0.05) is 26.2 Å². The average molecular weight is 283 g/mol. The molecule has 0 aromatic rings. The highest BCUT2D eigenvalue weighted by Gasteiger charge is 2.43. The van der Waals surface area contributed by atoms with Crippen molar-refractivity contribution in [1.29, 1.82) is 0 Å². The molecule has 1 aliphatic carbocycles. The van der Waals surface area contributed by atoms with Crippen molar-refractivity contribution in [1.82, 2.24) is 4.90 Å². The van der Waals surface area contributed by atoms with Crippen molar-refractivity contribution in [3.8, 4) is 0 Å². The van der Waals surface area contributed by atoms with E-state index in [1.165, 1.54) is 19.3 Å². The predicted molar refractivity (Wildman–Crippen MR) is 78.8 cm³/mol. The van der Waals surface area contributed by atoms with Gasteiger partial charge in [-0.3, -0.25) is 9.69 Å². The van der Waals surface area contributed by atoms with Crippen LogP contribution in [0.4, 0.5) is 0 Å². The molecule has 2 aliphatic rings. The number of likely N-dealkylation sites (tertiary alicyclic amines) is 1. The molecule has 1 N–H and O–H groups in total. The lowest BCUT2D eigenvalue weighted by Crippen LogP contribution is -2.52. The Morgan fingerprint density at radius 3 is 2.50 bits per heavy atom. The Bertz CT molecular complexity index is 324. The highest BCUT2D eigenvalue weighted by Crippen LogP contribution is 2.38. The molecule has 2 atom stereocenters. The molecule has 116 valence electrons. The summed E-state index contributed by atoms with van der Waals surface area (Å²) in [4.78, 5) is 14.1. The fraction of sp³-hybridized carbons (Fsp3) is 0.938. The van der Waals surface area contributed by atoms with Gasteiger partial charge in [-0.25, -0.2) is 0 Å². The van der Waals surface area contributed by atoms with E-state index in [1.54, 1.807) is 0 Å². The fourth-order valence-corrected chi connectivity index (χ4v) is 4.10. The van der Waals surface area contributed by atoms with Crippen LogP contribution < -0.4 is 0 Å². The highest BCUT2D eigenvalue weighted by molar-refractivity contribution is 5.74. The lowest BCUT2D eigenvalue weighted by molar-refractivity contribution is -0.153. The molecule has 0 spiro atoms. The van der Waals surface area contributed by atoms with Crippen LogP contribution in [0, 0.1) is 5.41 Å². The van der Waals surface area contributed by atoms with Gasteiger partial charge in [0.15, 0.2) is 0 Å². The van der Waals surface area contributed by atoms with Gasteiger partial charge in [-0.2, -0.15) is 0 Å². The van der Waals surface area contributed by atoms with Crippen LogP contribution in [0.5, 0.6) is 0 Å². The van der Waals surface area contributed by atoms with Gasteiger partial charge in [0.2, 0.25) is 0 Å². The normalized spacial score (nSPS) is 31.1. The third kappa shape index (κ3) is 3.17. The second kappa shape index (κ2) is 6.90. The molecule has 0 aromatic carbocycles. The quantitative estimate of drug-likeness (QED) is 0.843. The van der Waals surface area contributed by atoms with Crippen LogP contribution >= 0.6 is 0 Å². The van der Waals surface area contributed by atoms with Crippen molar-refractivity contribution in [2.75, 3.05) is 20.2 Å². The van der Waals surface area contributed by atoms with Crippen LogP contribution in [0.3, 0.4) is 0 Å². The molecule has 2 unspecified atom stereocenters. The fourth-order valence-electron chi connectivity index (χ4n) is 4.10. The van der Waals surface area contributed by atoms with E-state index < -0.39 is 11.4 Å². The molecule has 4 heteroatoms. The summed E-state index contributed by atoms with van der Waals surface area (Å²) in [6.45, 7) is 3.91. The van der Waals surface area contributed by atoms with Gasteiger partial charge in [0.05, 0.1) is 11.5 Å². The second-order valence-electron chi connectivity index (χ2n) is 6.50. The summed E-state index contributed by atoms with van der Waals surface area (Å²) in [5, 5.41) is 9.57. The van der Waals surface area contributed by atoms with Crippen LogP contribution in [0.2, 0.25) is 0 Å². The van der Waals surface area contributed by atoms with Crippen molar-refractivity contribution >= 4 is 5.97 Å². The number of aliphatic carboxylic acids is 1. The van der Waals surface area contributed by atoms with E-state index in [2.05, 4.69) is 11.8 Å². The number of carboxylic acid groups (broad SMARTS) is 1. The number of rotatable bonds is 5. The Labute approximate surface area is 122 Å². The van der Waals surface area contributed by atoms with Crippen molar-refractivity contribution < 1.29 is 14.6 Å². The van der Waals surface area contributed by atoms with Crippen LogP contribution in [-0.4, -0.2) is 48.3 Å². The molecule has 2 fully saturated rings. The van der Waals surface area contributed by atoms with Crippen molar-refractivity contribution in [2.45, 2.75) is 70.4 Å². The monoisotopic (exact) mass is 283 g/mol. The molecule has 1 aliphatic heterocycles. The van der Waals surface area contributed by atoms with Crippen molar-refractivity contribution in [3.63, 3.8) is 0 Å². The first kappa shape index (κ1) is 15.8. The van der Waals surface area contributed by atoms with Crippen molar-refractivity contribution in [2.24, 2.45) is 5.41 Å². The Kier molecular flexibility index (Phi) is 5.44. The molecule has 20 heavy (non-hydrogen) atoms. The number of carbonyl (C=O) groups is 1. The maximum atomic E-state index is 11.6. The smallest absolute Gasteiger partial charge is 0.309 e. The molecule has 0 aromatic heterocycles. The third-order valence-electron chi connectivity index (χ3n) is 5.38. The number of carboxylic acids is 1. The Morgan fingerprint density at radius 2 is 1.95 bits per heavy atom. The van der Waals surface area contributed by atoms with E-state index in [1.807, 2.05) is 7.11 Å². The maximum absolute atomic E-state index is 11.6. The van der Waals surface area contributed by atoms with Crippen molar-refractivity contribution in [3.05, 3.63) is 0 Å². The zero-order valence-corrected chi connectivity index (χ0v) is 12.9. The van der Waals surface area contributed by atoms with E-state index in [9.17, 15) is 9.90 Å². The van der Waals surface area contributed by atoms with E-state index in [-0.39, 0.29) is 0 Å². The van der Waals surface area contributed by atoms with Gasteiger partial charge in [-0.15, -0.1) is 0 Å². The summed E-state index contributed by atoms with van der Waals surface area (Å²) >= 11 is 0. The summed E-state index contributed by atoms with van der Waals surface area (Å²) in [5.74, 6) is -0.592. The molecule has 0 bridgehead atoms. The highest BCUT2D eigenvalue weighted by atomic mass is 16.5. The third-order valence-corrected chi connectivity index (χ3v) is 5.38. The summed E-state index contributed by atoms with van der Waals surface area (Å²) in [5.41, 5.74) is -0.470. The molecule has 0 amide bonds. The first-order chi connectivity index (χ1) is 9.63. The number of piperidine rings is 1. The lowest BCUT2D eigenvalue weighted by atomic mass is 9.74. The summed E-state index contributed by atoms with van der Waals surface area (Å²) < 4.78 is 5.65. The molecule has 0 radical (unpaired) electrons. The summed E-state index contributed by atoms with van der Waals surface area (Å²) in [6.07, 6.45) is 8.59. The Morgan fingerprint density at radius 1 is 1.30 bits per heavy atom. The summed E-state index contributed by atoms with van der Waals surface area (Å²) in [7, 11) is 1.81. The van der Waals surface area contributed by atoms with Crippen LogP contribution in [-0.2, 0) is 9.53 Å². The summed E-state index contributed by atoms with van der Waals surface area (Å²) in [6, 6.07) is 0.502. The molecule has 1 saturated heterocycles. The van der Waals surface area contributed by atoms with Gasteiger partial charge in [0, 0.05) is 13.2 Å². The van der Waals surface area contributed by atoms with Gasteiger partial charge >= 0.3 is 5.97 Å². The first-order valence-electron chi connectivity index (χ1n) is 8.13.